The normalized spacial score (nSPS) is 18.5. The van der Waals surface area contributed by atoms with Gasteiger partial charge in [-0.05, 0) is 71.9 Å². The van der Waals surface area contributed by atoms with E-state index in [0.29, 0.717) is 84.7 Å². The molecule has 230 valence electrons. The third kappa shape index (κ3) is 7.34. The van der Waals surface area contributed by atoms with E-state index in [0.717, 1.165) is 0 Å². The minimum Gasteiger partial charge on any atom is -0.491 e. The van der Waals surface area contributed by atoms with E-state index in [4.69, 9.17) is 32.0 Å². The second kappa shape index (κ2) is 12.7. The second-order valence-electron chi connectivity index (χ2n) is 11.4. The number of rotatable bonds is 10. The summed E-state index contributed by atoms with van der Waals surface area (Å²) >= 11 is 6.60. The van der Waals surface area contributed by atoms with Crippen molar-refractivity contribution in [2.24, 2.45) is 11.1 Å². The molecule has 2 aliphatic rings. The number of likely N-dealkylation sites (tertiary alicyclic amines) is 1. The summed E-state index contributed by atoms with van der Waals surface area (Å²) in [4.78, 5) is 25.8. The Morgan fingerprint density at radius 3 is 2.48 bits per heavy atom. The molecule has 0 aliphatic carbocycles. The van der Waals surface area contributed by atoms with Crippen LogP contribution in [0.15, 0.2) is 23.9 Å². The smallest absolute Gasteiger partial charge is 0.401 e. The molecule has 42 heavy (non-hydrogen) atoms. The van der Waals surface area contributed by atoms with Gasteiger partial charge < -0.3 is 25.8 Å². The van der Waals surface area contributed by atoms with Crippen LogP contribution < -0.4 is 20.7 Å². The fourth-order valence-corrected chi connectivity index (χ4v) is 5.93. The first kappa shape index (κ1) is 32.0. The molecule has 1 aromatic heterocycles. The SMILES string of the molecule is CNC[C@@H](O)COc1ccc(Cl)c(-c2nc(C(C(C)=O)=C(C)N)c(C)c(N3CC4(CCN(CC(F)(F)F)CC4)C3)n2)c1. The maximum absolute atomic E-state index is 12.9. The largest absolute Gasteiger partial charge is 0.491 e. The Morgan fingerprint density at radius 2 is 1.90 bits per heavy atom. The monoisotopic (exact) mass is 610 g/mol. The van der Waals surface area contributed by atoms with Crippen molar-refractivity contribution in [2.75, 3.05) is 57.8 Å². The van der Waals surface area contributed by atoms with Gasteiger partial charge in [-0.2, -0.15) is 13.2 Å². The van der Waals surface area contributed by atoms with Gasteiger partial charge in [-0.25, -0.2) is 9.97 Å². The minimum absolute atomic E-state index is 0.0625. The average molecular weight is 611 g/mol. The molecule has 13 heteroatoms. The maximum Gasteiger partial charge on any atom is 0.401 e. The molecular formula is C29H38ClF3N6O3. The van der Waals surface area contributed by atoms with Crippen LogP contribution >= 0.6 is 11.6 Å². The average Bonchev–Trinajstić information content (AvgIpc) is 2.88. The van der Waals surface area contributed by atoms with E-state index in [-0.39, 0.29) is 29.2 Å². The first-order valence-corrected chi connectivity index (χ1v) is 14.3. The topological polar surface area (TPSA) is 117 Å². The summed E-state index contributed by atoms with van der Waals surface area (Å²) in [6.45, 7) is 6.49. The Balaban J connectivity index is 1.66. The number of carbonyl (C=O) groups excluding carboxylic acids is 1. The number of likely N-dealkylation sites (N-methyl/N-ethyl adjacent to an activating group) is 1. The number of aromatic nitrogens is 2. The lowest BCUT2D eigenvalue weighted by molar-refractivity contribution is -0.151. The number of ketones is 1. The highest BCUT2D eigenvalue weighted by Gasteiger charge is 2.47. The number of nitrogens with two attached hydrogens (primary N) is 1. The number of carbonyl (C=O) groups is 1. The number of allylic oxidation sites excluding steroid dienone is 2. The van der Waals surface area contributed by atoms with Gasteiger partial charge in [0, 0.05) is 41.9 Å². The summed E-state index contributed by atoms with van der Waals surface area (Å²) in [5.74, 6) is 1.11. The number of hydrogen-bond donors (Lipinski definition) is 3. The summed E-state index contributed by atoms with van der Waals surface area (Å²) < 4.78 is 44.4. The van der Waals surface area contributed by atoms with Gasteiger partial charge >= 0.3 is 6.18 Å². The van der Waals surface area contributed by atoms with Crippen LogP contribution in [0, 0.1) is 12.3 Å². The van der Waals surface area contributed by atoms with Crippen LogP contribution in [0.4, 0.5) is 19.0 Å². The number of aliphatic hydroxyl groups excluding tert-OH is 1. The van der Waals surface area contributed by atoms with Crippen LogP contribution in [0.25, 0.3) is 17.0 Å². The number of nitrogens with zero attached hydrogens (tertiary/aromatic N) is 4. The van der Waals surface area contributed by atoms with Gasteiger partial charge in [0.25, 0.3) is 0 Å². The fraction of sp³-hybridized carbons (Fsp3) is 0.552. The van der Waals surface area contributed by atoms with Crippen LogP contribution in [0.3, 0.4) is 0 Å². The quantitative estimate of drug-likeness (QED) is 0.345. The summed E-state index contributed by atoms with van der Waals surface area (Å²) in [5, 5.41) is 13.3. The van der Waals surface area contributed by atoms with Crippen molar-refractivity contribution in [1.82, 2.24) is 20.2 Å². The number of halogens is 4. The number of nitrogens with one attached hydrogen (secondary N) is 1. The molecule has 2 aliphatic heterocycles. The van der Waals surface area contributed by atoms with E-state index in [1.54, 1.807) is 32.2 Å². The van der Waals surface area contributed by atoms with Crippen molar-refractivity contribution < 1.29 is 27.8 Å². The number of ether oxygens (including phenoxy) is 1. The molecule has 3 heterocycles. The molecule has 0 amide bonds. The number of anilines is 1. The van der Waals surface area contributed by atoms with Crippen molar-refractivity contribution in [1.29, 1.82) is 0 Å². The van der Waals surface area contributed by atoms with Crippen molar-refractivity contribution >= 4 is 28.8 Å². The molecule has 4 rings (SSSR count). The molecule has 0 radical (unpaired) electrons. The minimum atomic E-state index is -4.21. The standard InChI is InChI=1S/C29H38ClF3N6O3/c1-17-25(24(18(2)34)19(3)40)36-26(22-11-21(5-6-23(22)30)42-13-20(41)12-35-4)37-27(17)39-14-28(15-39)7-9-38(10-8-28)16-29(31,32)33/h5-6,11,20,35,41H,7-10,12-16,34H2,1-4H3/t20-/m1/s1. The molecule has 9 nitrogen and oxygen atoms in total. The van der Waals surface area contributed by atoms with Gasteiger partial charge in [0.2, 0.25) is 0 Å². The Hall–Kier alpha value is -2.93. The van der Waals surface area contributed by atoms with Crippen LogP contribution in [-0.4, -0.2) is 91.0 Å². The molecule has 1 atom stereocenters. The first-order valence-electron chi connectivity index (χ1n) is 13.9. The van der Waals surface area contributed by atoms with E-state index >= 15 is 0 Å². The highest BCUT2D eigenvalue weighted by molar-refractivity contribution is 6.33. The zero-order valence-corrected chi connectivity index (χ0v) is 25.1. The second-order valence-corrected chi connectivity index (χ2v) is 11.8. The zero-order valence-electron chi connectivity index (χ0n) is 24.3. The van der Waals surface area contributed by atoms with Gasteiger partial charge in [-0.15, -0.1) is 0 Å². The van der Waals surface area contributed by atoms with Gasteiger partial charge in [0.05, 0.1) is 22.8 Å². The van der Waals surface area contributed by atoms with Crippen LogP contribution in [0.5, 0.6) is 5.75 Å². The number of aliphatic hydroxyl groups is 1. The highest BCUT2D eigenvalue weighted by Crippen LogP contribution is 2.44. The maximum atomic E-state index is 12.9. The number of piperidine rings is 1. The summed E-state index contributed by atoms with van der Waals surface area (Å²) in [5.41, 5.74) is 8.20. The predicted octanol–water partition coefficient (Wildman–Crippen LogP) is 3.81. The van der Waals surface area contributed by atoms with Gasteiger partial charge in [0.15, 0.2) is 11.6 Å². The molecule has 2 fully saturated rings. The summed E-state index contributed by atoms with van der Waals surface area (Å²) in [7, 11) is 1.73. The lowest BCUT2D eigenvalue weighted by Crippen LogP contribution is -2.61. The van der Waals surface area contributed by atoms with Crippen LogP contribution in [0.1, 0.15) is 37.9 Å². The Kier molecular flexibility index (Phi) is 9.71. The van der Waals surface area contributed by atoms with Crippen molar-refractivity contribution in [3.8, 4) is 17.1 Å². The van der Waals surface area contributed by atoms with Crippen molar-refractivity contribution in [3.63, 3.8) is 0 Å². The fourth-order valence-electron chi connectivity index (χ4n) is 5.73. The molecule has 0 unspecified atom stereocenters. The van der Waals surface area contributed by atoms with E-state index in [2.05, 4.69) is 10.2 Å². The zero-order chi connectivity index (χ0) is 30.8. The van der Waals surface area contributed by atoms with Gasteiger partial charge in [0.1, 0.15) is 24.3 Å². The number of alkyl halides is 3. The predicted molar refractivity (Wildman–Crippen MR) is 156 cm³/mol. The lowest BCUT2D eigenvalue weighted by atomic mass is 9.72. The number of benzene rings is 1. The highest BCUT2D eigenvalue weighted by atomic mass is 35.5. The van der Waals surface area contributed by atoms with E-state index in [1.165, 1.54) is 11.8 Å². The van der Waals surface area contributed by atoms with Crippen LogP contribution in [0.2, 0.25) is 5.02 Å². The third-order valence-corrected chi connectivity index (χ3v) is 8.17. The van der Waals surface area contributed by atoms with Crippen molar-refractivity contribution in [3.05, 3.63) is 40.2 Å². The van der Waals surface area contributed by atoms with Crippen molar-refractivity contribution in [2.45, 2.75) is 45.9 Å². The molecule has 2 saturated heterocycles. The number of hydrogen-bond acceptors (Lipinski definition) is 9. The van der Waals surface area contributed by atoms with Gasteiger partial charge in [-0.1, -0.05) is 11.6 Å². The van der Waals surface area contributed by atoms with Gasteiger partial charge in [-0.3, -0.25) is 9.69 Å². The van der Waals surface area contributed by atoms with E-state index in [1.807, 2.05) is 6.92 Å². The third-order valence-electron chi connectivity index (χ3n) is 7.84. The Morgan fingerprint density at radius 1 is 1.24 bits per heavy atom. The lowest BCUT2D eigenvalue weighted by Gasteiger charge is -2.55. The number of Topliss-reactive ketones (excluding diaryl/α,β-unsaturated/α-hetero) is 1. The molecule has 0 bridgehead atoms. The summed E-state index contributed by atoms with van der Waals surface area (Å²) in [6.07, 6.45) is -3.60. The molecule has 4 N–H and O–H groups in total. The van der Waals surface area contributed by atoms with E-state index < -0.39 is 18.8 Å². The molecule has 1 spiro atoms. The van der Waals surface area contributed by atoms with Crippen LogP contribution in [-0.2, 0) is 4.79 Å². The van der Waals surface area contributed by atoms with E-state index in [9.17, 15) is 23.1 Å². The molecule has 2 aromatic rings. The Labute approximate surface area is 248 Å². The molecule has 0 saturated carbocycles. The first-order chi connectivity index (χ1) is 19.7. The Bertz CT molecular complexity index is 1330. The molecule has 1 aromatic carbocycles. The molecular weight excluding hydrogens is 573 g/mol. The summed E-state index contributed by atoms with van der Waals surface area (Å²) in [6, 6.07) is 5.03.